The Hall–Kier alpha value is -2.37. The molecule has 0 bridgehead atoms. The molecule has 1 amide bonds. The van der Waals surface area contributed by atoms with Gasteiger partial charge in [-0.1, -0.05) is 13.8 Å². The molecular weight excluding hydrogens is 268 g/mol. The monoisotopic (exact) mass is 288 g/mol. The number of hydrogen-bond acceptors (Lipinski definition) is 5. The van der Waals surface area contributed by atoms with Crippen molar-refractivity contribution in [3.63, 3.8) is 0 Å². The summed E-state index contributed by atoms with van der Waals surface area (Å²) in [6.45, 7) is 5.17. The second-order valence-corrected chi connectivity index (χ2v) is 4.61. The lowest BCUT2D eigenvalue weighted by Crippen LogP contribution is -2.23. The highest BCUT2D eigenvalue weighted by Gasteiger charge is 2.09. The van der Waals surface area contributed by atoms with Crippen LogP contribution in [0.5, 0.6) is 0 Å². The number of oxazole rings is 1. The third-order valence-corrected chi connectivity index (χ3v) is 2.93. The fourth-order valence-corrected chi connectivity index (χ4v) is 1.77. The second-order valence-electron chi connectivity index (χ2n) is 4.61. The van der Waals surface area contributed by atoms with Gasteiger partial charge in [-0.05, 0) is 18.6 Å². The lowest BCUT2D eigenvalue weighted by atomic mass is 10.2. The van der Waals surface area contributed by atoms with Gasteiger partial charge in [0.1, 0.15) is 11.6 Å². The van der Waals surface area contributed by atoms with Gasteiger partial charge in [-0.2, -0.15) is 0 Å². The third-order valence-electron chi connectivity index (χ3n) is 2.93. The fourth-order valence-electron chi connectivity index (χ4n) is 1.77. The molecule has 0 saturated heterocycles. The molecular formula is C15H20N4O2. The summed E-state index contributed by atoms with van der Waals surface area (Å²) in [6.07, 6.45) is 5.09. The highest BCUT2D eigenvalue weighted by atomic mass is 16.4. The minimum absolute atomic E-state index is 0.173. The van der Waals surface area contributed by atoms with Crippen LogP contribution in [0.3, 0.4) is 0 Å². The number of hydrogen-bond donors (Lipinski definition) is 2. The quantitative estimate of drug-likeness (QED) is 0.817. The molecule has 2 heterocycles. The smallest absolute Gasteiger partial charge is 0.251 e. The fraction of sp³-hybridized carbons (Fsp3) is 0.400. The number of anilines is 1. The Balaban J connectivity index is 1.93. The summed E-state index contributed by atoms with van der Waals surface area (Å²) in [5.41, 5.74) is 0.561. The summed E-state index contributed by atoms with van der Waals surface area (Å²) in [5.74, 6) is 1.86. The van der Waals surface area contributed by atoms with E-state index in [1.54, 1.807) is 24.5 Å². The number of aromatic nitrogens is 2. The summed E-state index contributed by atoms with van der Waals surface area (Å²) in [5, 5.41) is 5.94. The van der Waals surface area contributed by atoms with E-state index in [0.717, 1.165) is 25.1 Å². The largest absolute Gasteiger partial charge is 0.444 e. The van der Waals surface area contributed by atoms with E-state index in [2.05, 4.69) is 27.5 Å². The van der Waals surface area contributed by atoms with Gasteiger partial charge in [0.05, 0.1) is 12.7 Å². The molecule has 6 heteroatoms. The zero-order valence-electron chi connectivity index (χ0n) is 12.3. The van der Waals surface area contributed by atoms with Crippen LogP contribution in [0.4, 0.5) is 5.82 Å². The molecule has 0 aliphatic carbocycles. The van der Waals surface area contributed by atoms with Gasteiger partial charge in [-0.25, -0.2) is 9.97 Å². The summed E-state index contributed by atoms with van der Waals surface area (Å²) < 4.78 is 5.45. The predicted octanol–water partition coefficient (Wildman–Crippen LogP) is 2.38. The first-order chi connectivity index (χ1) is 10.2. The van der Waals surface area contributed by atoms with Gasteiger partial charge in [-0.15, -0.1) is 0 Å². The van der Waals surface area contributed by atoms with Crippen LogP contribution in [0, 0.1) is 0 Å². The second kappa shape index (κ2) is 7.42. The van der Waals surface area contributed by atoms with Crippen LogP contribution in [0.25, 0.3) is 0 Å². The van der Waals surface area contributed by atoms with E-state index in [0.29, 0.717) is 17.3 Å². The van der Waals surface area contributed by atoms with Crippen LogP contribution in [0.1, 0.15) is 42.3 Å². The van der Waals surface area contributed by atoms with Gasteiger partial charge in [0.15, 0.2) is 0 Å². The van der Waals surface area contributed by atoms with Crippen molar-refractivity contribution in [2.75, 3.05) is 11.9 Å². The molecule has 2 rings (SSSR count). The Kier molecular flexibility index (Phi) is 5.31. The topological polar surface area (TPSA) is 80.0 Å². The first kappa shape index (κ1) is 15.0. The molecule has 2 N–H and O–H groups in total. The Labute approximate surface area is 124 Å². The molecule has 0 unspecified atom stereocenters. The molecule has 0 aliphatic heterocycles. The predicted molar refractivity (Wildman–Crippen MR) is 80.1 cm³/mol. The highest BCUT2D eigenvalue weighted by molar-refractivity contribution is 5.94. The lowest BCUT2D eigenvalue weighted by Gasteiger charge is -2.06. The van der Waals surface area contributed by atoms with Crippen LogP contribution in [0.15, 0.2) is 28.9 Å². The minimum atomic E-state index is -0.173. The Morgan fingerprint density at radius 3 is 2.90 bits per heavy atom. The summed E-state index contributed by atoms with van der Waals surface area (Å²) in [7, 11) is 0. The van der Waals surface area contributed by atoms with Crippen molar-refractivity contribution in [2.24, 2.45) is 0 Å². The Morgan fingerprint density at radius 1 is 1.33 bits per heavy atom. The Morgan fingerprint density at radius 2 is 2.19 bits per heavy atom. The normalized spacial score (nSPS) is 10.4. The number of nitrogens with one attached hydrogen (secondary N) is 2. The number of rotatable bonds is 7. The van der Waals surface area contributed by atoms with E-state index in [1.165, 1.54) is 0 Å². The molecule has 6 nitrogen and oxygen atoms in total. The standard InChI is InChI=1S/C15H20N4O2/c1-3-6-16-13-8-11(5-7-17-13)15(20)19-10-14-18-9-12(4-2)21-14/h5,7-9H,3-4,6,10H2,1-2H3,(H,16,17)(H,19,20). The van der Waals surface area contributed by atoms with Crippen LogP contribution in [0.2, 0.25) is 0 Å². The van der Waals surface area contributed by atoms with Crippen molar-refractivity contribution in [1.29, 1.82) is 0 Å². The molecule has 21 heavy (non-hydrogen) atoms. The van der Waals surface area contributed by atoms with Crippen molar-refractivity contribution in [3.05, 3.63) is 41.7 Å². The maximum Gasteiger partial charge on any atom is 0.251 e. The lowest BCUT2D eigenvalue weighted by molar-refractivity contribution is 0.0947. The number of pyridine rings is 1. The number of aryl methyl sites for hydroxylation is 1. The maximum atomic E-state index is 12.1. The number of carbonyl (C=O) groups is 1. The highest BCUT2D eigenvalue weighted by Crippen LogP contribution is 2.08. The molecule has 0 fully saturated rings. The number of nitrogens with zero attached hydrogens (tertiary/aromatic N) is 2. The summed E-state index contributed by atoms with van der Waals surface area (Å²) >= 11 is 0. The number of amides is 1. The first-order valence-corrected chi connectivity index (χ1v) is 7.14. The average Bonchev–Trinajstić information content (AvgIpc) is 2.99. The van der Waals surface area contributed by atoms with Gasteiger partial charge in [-0.3, -0.25) is 4.79 Å². The van der Waals surface area contributed by atoms with Crippen LogP contribution < -0.4 is 10.6 Å². The molecule has 112 valence electrons. The van der Waals surface area contributed by atoms with Gasteiger partial charge in [0.25, 0.3) is 5.91 Å². The molecule has 2 aromatic heterocycles. The van der Waals surface area contributed by atoms with Crippen molar-refractivity contribution in [1.82, 2.24) is 15.3 Å². The molecule has 2 aromatic rings. The van der Waals surface area contributed by atoms with Gasteiger partial charge in [0.2, 0.25) is 5.89 Å². The van der Waals surface area contributed by atoms with Crippen LogP contribution >= 0.6 is 0 Å². The van der Waals surface area contributed by atoms with E-state index in [-0.39, 0.29) is 12.5 Å². The number of carbonyl (C=O) groups excluding carboxylic acids is 1. The molecule has 0 saturated carbocycles. The Bertz CT molecular complexity index is 595. The van der Waals surface area contributed by atoms with Crippen LogP contribution in [-0.4, -0.2) is 22.4 Å². The summed E-state index contributed by atoms with van der Waals surface area (Å²) in [6, 6.07) is 3.41. The average molecular weight is 288 g/mol. The molecule has 0 aliphatic rings. The zero-order valence-corrected chi connectivity index (χ0v) is 12.3. The van der Waals surface area contributed by atoms with E-state index < -0.39 is 0 Å². The van der Waals surface area contributed by atoms with Gasteiger partial charge >= 0.3 is 0 Å². The van der Waals surface area contributed by atoms with E-state index >= 15 is 0 Å². The minimum Gasteiger partial charge on any atom is -0.444 e. The zero-order chi connectivity index (χ0) is 15.1. The van der Waals surface area contributed by atoms with Crippen molar-refractivity contribution < 1.29 is 9.21 Å². The van der Waals surface area contributed by atoms with Crippen molar-refractivity contribution in [2.45, 2.75) is 33.2 Å². The molecule has 0 atom stereocenters. The SMILES string of the molecule is CCCNc1cc(C(=O)NCc2ncc(CC)o2)ccn1. The molecule has 0 aromatic carbocycles. The van der Waals surface area contributed by atoms with Gasteiger partial charge in [0, 0.05) is 24.7 Å². The maximum absolute atomic E-state index is 12.1. The van der Waals surface area contributed by atoms with E-state index in [9.17, 15) is 4.79 Å². The summed E-state index contributed by atoms with van der Waals surface area (Å²) in [4.78, 5) is 20.4. The van der Waals surface area contributed by atoms with Crippen molar-refractivity contribution in [3.8, 4) is 0 Å². The van der Waals surface area contributed by atoms with Gasteiger partial charge < -0.3 is 15.1 Å². The first-order valence-electron chi connectivity index (χ1n) is 7.14. The van der Waals surface area contributed by atoms with E-state index in [1.807, 2.05) is 6.92 Å². The molecule has 0 radical (unpaired) electrons. The third kappa shape index (κ3) is 4.30. The van der Waals surface area contributed by atoms with E-state index in [4.69, 9.17) is 4.42 Å². The van der Waals surface area contributed by atoms with Crippen molar-refractivity contribution >= 4 is 11.7 Å². The van der Waals surface area contributed by atoms with Crippen LogP contribution in [-0.2, 0) is 13.0 Å². The molecule has 0 spiro atoms.